The molecule has 0 saturated carbocycles. The van der Waals surface area contributed by atoms with Gasteiger partial charge < -0.3 is 19.5 Å². The van der Waals surface area contributed by atoms with Crippen LogP contribution in [0.1, 0.15) is 27.3 Å². The number of aryl methyl sites for hydroxylation is 2. The number of benzene rings is 2. The molecule has 0 radical (unpaired) electrons. The predicted molar refractivity (Wildman–Crippen MR) is 106 cm³/mol. The molecule has 0 atom stereocenters. The summed E-state index contributed by atoms with van der Waals surface area (Å²) >= 11 is 0. The highest BCUT2D eigenvalue weighted by atomic mass is 16.5. The Bertz CT molecular complexity index is 1010. The molecule has 1 N–H and O–H groups in total. The summed E-state index contributed by atoms with van der Waals surface area (Å²) in [6.07, 6.45) is 0. The monoisotopic (exact) mass is 381 g/mol. The van der Waals surface area contributed by atoms with E-state index in [0.29, 0.717) is 34.9 Å². The summed E-state index contributed by atoms with van der Waals surface area (Å²) in [5.74, 6) is 1.39. The average molecular weight is 381 g/mol. The summed E-state index contributed by atoms with van der Waals surface area (Å²) in [5, 5.41) is 2.91. The number of amides is 1. The SMILES string of the molecule is COc1cc(CNC(=O)c2ccc3nc(C)c(C)nc3c2)cc(OC)c1OC. The highest BCUT2D eigenvalue weighted by molar-refractivity contribution is 5.97. The number of nitrogens with zero attached hydrogens (tertiary/aromatic N) is 2. The lowest BCUT2D eigenvalue weighted by molar-refractivity contribution is 0.0951. The quantitative estimate of drug-likeness (QED) is 0.706. The van der Waals surface area contributed by atoms with Crippen LogP contribution in [0.2, 0.25) is 0 Å². The van der Waals surface area contributed by atoms with Crippen LogP contribution in [0.5, 0.6) is 17.2 Å². The van der Waals surface area contributed by atoms with Gasteiger partial charge in [0, 0.05) is 12.1 Å². The molecule has 0 aliphatic rings. The van der Waals surface area contributed by atoms with Crippen molar-refractivity contribution < 1.29 is 19.0 Å². The first-order valence-corrected chi connectivity index (χ1v) is 8.79. The molecule has 7 heteroatoms. The Morgan fingerprint density at radius 1 is 0.893 bits per heavy atom. The van der Waals surface area contributed by atoms with E-state index in [1.807, 2.05) is 19.9 Å². The van der Waals surface area contributed by atoms with E-state index < -0.39 is 0 Å². The number of hydrogen-bond acceptors (Lipinski definition) is 6. The number of aromatic nitrogens is 2. The van der Waals surface area contributed by atoms with Crippen molar-refractivity contribution in [3.63, 3.8) is 0 Å². The number of carbonyl (C=O) groups is 1. The third-order valence-corrected chi connectivity index (χ3v) is 4.52. The number of fused-ring (bicyclic) bond motifs is 1. The van der Waals surface area contributed by atoms with Crippen LogP contribution in [0.15, 0.2) is 30.3 Å². The first-order chi connectivity index (χ1) is 13.5. The fourth-order valence-corrected chi connectivity index (χ4v) is 2.89. The van der Waals surface area contributed by atoms with Gasteiger partial charge in [-0.05, 0) is 49.7 Å². The lowest BCUT2D eigenvalue weighted by atomic mass is 10.1. The molecule has 28 heavy (non-hydrogen) atoms. The van der Waals surface area contributed by atoms with Crippen molar-refractivity contribution in [1.82, 2.24) is 15.3 Å². The zero-order valence-electron chi connectivity index (χ0n) is 16.6. The van der Waals surface area contributed by atoms with Crippen molar-refractivity contribution in [2.45, 2.75) is 20.4 Å². The van der Waals surface area contributed by atoms with E-state index >= 15 is 0 Å². The fourth-order valence-electron chi connectivity index (χ4n) is 2.89. The second-order valence-electron chi connectivity index (χ2n) is 6.31. The summed E-state index contributed by atoms with van der Waals surface area (Å²) in [6.45, 7) is 4.13. The van der Waals surface area contributed by atoms with Gasteiger partial charge in [0.05, 0.1) is 43.8 Å². The summed E-state index contributed by atoms with van der Waals surface area (Å²) in [5.41, 5.74) is 4.55. The summed E-state index contributed by atoms with van der Waals surface area (Å²) in [7, 11) is 4.66. The van der Waals surface area contributed by atoms with Crippen molar-refractivity contribution in [1.29, 1.82) is 0 Å². The van der Waals surface area contributed by atoms with Crippen LogP contribution in [0.3, 0.4) is 0 Å². The van der Waals surface area contributed by atoms with Gasteiger partial charge >= 0.3 is 0 Å². The smallest absolute Gasteiger partial charge is 0.251 e. The van der Waals surface area contributed by atoms with E-state index in [-0.39, 0.29) is 5.91 Å². The number of nitrogens with one attached hydrogen (secondary N) is 1. The molecule has 0 fully saturated rings. The molecule has 0 spiro atoms. The van der Waals surface area contributed by atoms with Crippen LogP contribution in [-0.4, -0.2) is 37.2 Å². The Morgan fingerprint density at radius 3 is 2.07 bits per heavy atom. The Kier molecular flexibility index (Phi) is 5.63. The first-order valence-electron chi connectivity index (χ1n) is 8.79. The normalized spacial score (nSPS) is 10.6. The van der Waals surface area contributed by atoms with E-state index in [0.717, 1.165) is 22.5 Å². The Hall–Kier alpha value is -3.35. The molecule has 2 aromatic carbocycles. The molecule has 0 aliphatic carbocycles. The van der Waals surface area contributed by atoms with Gasteiger partial charge in [0.15, 0.2) is 11.5 Å². The van der Waals surface area contributed by atoms with Crippen LogP contribution >= 0.6 is 0 Å². The zero-order valence-corrected chi connectivity index (χ0v) is 16.6. The number of hydrogen-bond donors (Lipinski definition) is 1. The Labute approximate surface area is 163 Å². The fraction of sp³-hybridized carbons (Fsp3) is 0.286. The van der Waals surface area contributed by atoms with Crippen molar-refractivity contribution in [2.75, 3.05) is 21.3 Å². The van der Waals surface area contributed by atoms with Crippen LogP contribution < -0.4 is 19.5 Å². The number of methoxy groups -OCH3 is 3. The van der Waals surface area contributed by atoms with Crippen LogP contribution in [0, 0.1) is 13.8 Å². The van der Waals surface area contributed by atoms with E-state index in [1.165, 1.54) is 0 Å². The molecule has 3 aromatic rings. The summed E-state index contributed by atoms with van der Waals surface area (Å²) in [6, 6.07) is 8.91. The molecule has 146 valence electrons. The molecule has 7 nitrogen and oxygen atoms in total. The van der Waals surface area contributed by atoms with E-state index in [4.69, 9.17) is 14.2 Å². The highest BCUT2D eigenvalue weighted by Crippen LogP contribution is 2.38. The van der Waals surface area contributed by atoms with Gasteiger partial charge in [-0.3, -0.25) is 4.79 Å². The maximum absolute atomic E-state index is 12.6. The number of carbonyl (C=O) groups excluding carboxylic acids is 1. The average Bonchev–Trinajstić information content (AvgIpc) is 2.71. The first kappa shape index (κ1) is 19.4. The molecule has 0 unspecified atom stereocenters. The van der Waals surface area contributed by atoms with Crippen molar-refractivity contribution in [2.24, 2.45) is 0 Å². The Morgan fingerprint density at radius 2 is 1.50 bits per heavy atom. The van der Waals surface area contributed by atoms with Gasteiger partial charge in [-0.25, -0.2) is 9.97 Å². The summed E-state index contributed by atoms with van der Waals surface area (Å²) < 4.78 is 16.0. The second kappa shape index (κ2) is 8.12. The molecular formula is C21H23N3O4. The molecule has 3 rings (SSSR count). The van der Waals surface area contributed by atoms with Crippen LogP contribution in [0.25, 0.3) is 11.0 Å². The second-order valence-corrected chi connectivity index (χ2v) is 6.31. The minimum atomic E-state index is -0.198. The minimum Gasteiger partial charge on any atom is -0.493 e. The van der Waals surface area contributed by atoms with Crippen LogP contribution in [-0.2, 0) is 6.54 Å². The maximum Gasteiger partial charge on any atom is 0.251 e. The van der Waals surface area contributed by atoms with E-state index in [2.05, 4.69) is 15.3 Å². The Balaban J connectivity index is 1.80. The van der Waals surface area contributed by atoms with Gasteiger partial charge in [-0.15, -0.1) is 0 Å². The molecule has 0 bridgehead atoms. The lowest BCUT2D eigenvalue weighted by Crippen LogP contribution is -2.22. The maximum atomic E-state index is 12.6. The molecule has 1 amide bonds. The third kappa shape index (κ3) is 3.83. The van der Waals surface area contributed by atoms with Gasteiger partial charge in [0.2, 0.25) is 5.75 Å². The largest absolute Gasteiger partial charge is 0.493 e. The molecular weight excluding hydrogens is 358 g/mol. The minimum absolute atomic E-state index is 0.198. The van der Waals surface area contributed by atoms with E-state index in [9.17, 15) is 4.79 Å². The van der Waals surface area contributed by atoms with Crippen LogP contribution in [0.4, 0.5) is 0 Å². The van der Waals surface area contributed by atoms with Crippen molar-refractivity contribution in [3.8, 4) is 17.2 Å². The van der Waals surface area contributed by atoms with Gasteiger partial charge in [0.25, 0.3) is 5.91 Å². The number of rotatable bonds is 6. The van der Waals surface area contributed by atoms with E-state index in [1.54, 1.807) is 45.6 Å². The topological polar surface area (TPSA) is 82.6 Å². The summed E-state index contributed by atoms with van der Waals surface area (Å²) in [4.78, 5) is 21.6. The van der Waals surface area contributed by atoms with Gasteiger partial charge in [0.1, 0.15) is 0 Å². The highest BCUT2D eigenvalue weighted by Gasteiger charge is 2.14. The number of ether oxygens (including phenoxy) is 3. The predicted octanol–water partition coefficient (Wildman–Crippen LogP) is 3.20. The standard InChI is InChI=1S/C21H23N3O4/c1-12-13(2)24-17-10-15(6-7-16(17)23-12)21(25)22-11-14-8-18(26-3)20(28-5)19(9-14)27-4/h6-10H,11H2,1-5H3,(H,22,25). The molecule has 0 saturated heterocycles. The van der Waals surface area contributed by atoms with Gasteiger partial charge in [-0.1, -0.05) is 0 Å². The molecule has 0 aliphatic heterocycles. The lowest BCUT2D eigenvalue weighted by Gasteiger charge is -2.14. The van der Waals surface area contributed by atoms with Crippen molar-refractivity contribution >= 4 is 16.9 Å². The van der Waals surface area contributed by atoms with Gasteiger partial charge in [-0.2, -0.15) is 0 Å². The van der Waals surface area contributed by atoms with Crippen molar-refractivity contribution in [3.05, 3.63) is 52.8 Å². The third-order valence-electron chi connectivity index (χ3n) is 4.52. The zero-order chi connectivity index (χ0) is 20.3. The molecule has 1 heterocycles. The molecule has 1 aromatic heterocycles.